The molecule has 1 amide bonds. The first-order valence-corrected chi connectivity index (χ1v) is 8.50. The predicted octanol–water partition coefficient (Wildman–Crippen LogP) is 2.13. The lowest BCUT2D eigenvalue weighted by molar-refractivity contribution is 0.0946. The van der Waals surface area contributed by atoms with Crippen molar-refractivity contribution in [2.75, 3.05) is 13.2 Å². The van der Waals surface area contributed by atoms with E-state index in [-0.39, 0.29) is 18.3 Å². The van der Waals surface area contributed by atoms with Gasteiger partial charge in [-0.3, -0.25) is 9.78 Å². The first-order valence-electron chi connectivity index (χ1n) is 8.50. The number of pyridine rings is 1. The summed E-state index contributed by atoms with van der Waals surface area (Å²) >= 11 is 0. The number of hydrogen-bond acceptors (Lipinski definition) is 6. The third-order valence-electron chi connectivity index (χ3n) is 3.92. The van der Waals surface area contributed by atoms with Crippen molar-refractivity contribution in [2.45, 2.75) is 0 Å². The van der Waals surface area contributed by atoms with Crippen molar-refractivity contribution in [3.05, 3.63) is 72.3 Å². The fourth-order valence-electron chi connectivity index (χ4n) is 2.55. The van der Waals surface area contributed by atoms with Crippen molar-refractivity contribution in [2.24, 2.45) is 0 Å². The van der Waals surface area contributed by atoms with Gasteiger partial charge < -0.3 is 10.1 Å². The number of carbonyl (C=O) groups is 1. The summed E-state index contributed by atoms with van der Waals surface area (Å²) in [4.78, 5) is 15.8. The Labute approximate surface area is 159 Å². The van der Waals surface area contributed by atoms with Crippen LogP contribution in [0.2, 0.25) is 0 Å². The second kappa shape index (κ2) is 7.78. The number of rotatable bonds is 6. The summed E-state index contributed by atoms with van der Waals surface area (Å²) in [5, 5.41) is 15.3. The molecule has 0 saturated carbocycles. The number of carbonyl (C=O) groups excluding carboxylic acids is 1. The number of aromatic nitrogens is 5. The molecule has 3 heterocycles. The monoisotopic (exact) mass is 378 g/mol. The SMILES string of the molecule is O=C(NCCOc1ccc2nnc(-c3ccc(F)cc3)n2n1)c1ccncc1. The molecular weight excluding hydrogens is 363 g/mol. The second-order valence-electron chi connectivity index (χ2n) is 5.81. The Morgan fingerprint density at radius 3 is 2.61 bits per heavy atom. The summed E-state index contributed by atoms with van der Waals surface area (Å²) in [5.41, 5.74) is 1.75. The molecule has 4 aromatic rings. The standard InChI is InChI=1S/C19H15FN6O2/c20-15-3-1-13(2-4-15)18-24-23-16-5-6-17(25-26(16)18)28-12-11-22-19(27)14-7-9-21-10-8-14/h1-10H,11-12H2,(H,22,27). The van der Waals surface area contributed by atoms with Crippen LogP contribution in [0.4, 0.5) is 4.39 Å². The molecular formula is C19H15FN6O2. The highest BCUT2D eigenvalue weighted by Crippen LogP contribution is 2.19. The number of nitrogens with one attached hydrogen (secondary N) is 1. The molecule has 0 aliphatic rings. The highest BCUT2D eigenvalue weighted by atomic mass is 19.1. The van der Waals surface area contributed by atoms with Crippen molar-refractivity contribution < 1.29 is 13.9 Å². The molecule has 8 nitrogen and oxygen atoms in total. The second-order valence-corrected chi connectivity index (χ2v) is 5.81. The lowest BCUT2D eigenvalue weighted by Crippen LogP contribution is -2.28. The van der Waals surface area contributed by atoms with Gasteiger partial charge in [-0.15, -0.1) is 15.3 Å². The average molecular weight is 378 g/mol. The molecule has 0 saturated heterocycles. The fourth-order valence-corrected chi connectivity index (χ4v) is 2.55. The molecule has 1 aromatic carbocycles. The van der Waals surface area contributed by atoms with Gasteiger partial charge >= 0.3 is 0 Å². The van der Waals surface area contributed by atoms with Gasteiger partial charge in [0.05, 0.1) is 6.54 Å². The van der Waals surface area contributed by atoms with E-state index in [4.69, 9.17) is 4.74 Å². The van der Waals surface area contributed by atoms with E-state index in [9.17, 15) is 9.18 Å². The van der Waals surface area contributed by atoms with E-state index < -0.39 is 0 Å². The Bertz CT molecular complexity index is 1100. The molecule has 0 atom stereocenters. The molecule has 28 heavy (non-hydrogen) atoms. The molecule has 1 N–H and O–H groups in total. The quantitative estimate of drug-likeness (QED) is 0.517. The van der Waals surface area contributed by atoms with Gasteiger partial charge in [0.2, 0.25) is 5.88 Å². The minimum atomic E-state index is -0.330. The van der Waals surface area contributed by atoms with E-state index in [1.54, 1.807) is 48.8 Å². The Kier molecular flexibility index (Phi) is 4.87. The zero-order valence-electron chi connectivity index (χ0n) is 14.6. The number of fused-ring (bicyclic) bond motifs is 1. The summed E-state index contributed by atoms with van der Waals surface area (Å²) in [6.45, 7) is 0.553. The van der Waals surface area contributed by atoms with Gasteiger partial charge in [0.25, 0.3) is 5.91 Å². The molecule has 140 valence electrons. The van der Waals surface area contributed by atoms with E-state index >= 15 is 0 Å². The summed E-state index contributed by atoms with van der Waals surface area (Å²) < 4.78 is 20.3. The van der Waals surface area contributed by atoms with Crippen LogP contribution in [-0.4, -0.2) is 43.9 Å². The van der Waals surface area contributed by atoms with Gasteiger partial charge in [-0.25, -0.2) is 4.39 Å². The van der Waals surface area contributed by atoms with Crippen LogP contribution in [0.25, 0.3) is 17.0 Å². The summed E-state index contributed by atoms with van der Waals surface area (Å²) in [7, 11) is 0. The first-order chi connectivity index (χ1) is 13.7. The Balaban J connectivity index is 1.41. The number of amides is 1. The molecule has 0 aliphatic heterocycles. The minimum Gasteiger partial charge on any atom is -0.475 e. The normalized spacial score (nSPS) is 10.8. The van der Waals surface area contributed by atoms with E-state index in [0.717, 1.165) is 0 Å². The van der Waals surface area contributed by atoms with Crippen LogP contribution < -0.4 is 10.1 Å². The summed E-state index contributed by atoms with van der Waals surface area (Å²) in [6, 6.07) is 12.6. The van der Waals surface area contributed by atoms with E-state index in [1.165, 1.54) is 16.6 Å². The van der Waals surface area contributed by atoms with Crippen LogP contribution in [0.1, 0.15) is 10.4 Å². The predicted molar refractivity (Wildman–Crippen MR) is 98.2 cm³/mol. The lowest BCUT2D eigenvalue weighted by atomic mass is 10.2. The van der Waals surface area contributed by atoms with Crippen molar-refractivity contribution in [1.29, 1.82) is 0 Å². The van der Waals surface area contributed by atoms with Crippen LogP contribution in [0.5, 0.6) is 5.88 Å². The number of nitrogens with zero attached hydrogens (tertiary/aromatic N) is 5. The fraction of sp³-hybridized carbons (Fsp3) is 0.105. The molecule has 0 aliphatic carbocycles. The lowest BCUT2D eigenvalue weighted by Gasteiger charge is -2.07. The van der Waals surface area contributed by atoms with Crippen LogP contribution in [0, 0.1) is 5.82 Å². The third kappa shape index (κ3) is 3.78. The van der Waals surface area contributed by atoms with Gasteiger partial charge in [0.1, 0.15) is 12.4 Å². The summed E-state index contributed by atoms with van der Waals surface area (Å²) in [5.74, 6) is 0.301. The van der Waals surface area contributed by atoms with Crippen LogP contribution >= 0.6 is 0 Å². The van der Waals surface area contributed by atoms with Crippen LogP contribution in [-0.2, 0) is 0 Å². The molecule has 0 fully saturated rings. The average Bonchev–Trinajstić information content (AvgIpc) is 3.15. The third-order valence-corrected chi connectivity index (χ3v) is 3.92. The van der Waals surface area contributed by atoms with Crippen LogP contribution in [0.15, 0.2) is 60.9 Å². The molecule has 0 unspecified atom stereocenters. The van der Waals surface area contributed by atoms with Gasteiger partial charge in [-0.1, -0.05) is 0 Å². The number of ether oxygens (including phenoxy) is 1. The van der Waals surface area contributed by atoms with Crippen molar-refractivity contribution in [3.8, 4) is 17.3 Å². The highest BCUT2D eigenvalue weighted by molar-refractivity contribution is 5.93. The van der Waals surface area contributed by atoms with Crippen molar-refractivity contribution in [3.63, 3.8) is 0 Å². The molecule has 3 aromatic heterocycles. The Morgan fingerprint density at radius 1 is 1.04 bits per heavy atom. The van der Waals surface area contributed by atoms with Gasteiger partial charge in [0, 0.05) is 29.6 Å². The smallest absolute Gasteiger partial charge is 0.251 e. The molecule has 0 bridgehead atoms. The van der Waals surface area contributed by atoms with E-state index in [2.05, 4.69) is 25.6 Å². The Hall–Kier alpha value is -3.88. The molecule has 4 rings (SSSR count). The minimum absolute atomic E-state index is 0.202. The van der Waals surface area contributed by atoms with Gasteiger partial charge in [-0.05, 0) is 42.5 Å². The molecule has 9 heteroatoms. The maximum Gasteiger partial charge on any atom is 0.251 e. The summed E-state index contributed by atoms with van der Waals surface area (Å²) in [6.07, 6.45) is 3.12. The van der Waals surface area contributed by atoms with Crippen molar-refractivity contribution in [1.82, 2.24) is 30.1 Å². The van der Waals surface area contributed by atoms with E-state index in [0.29, 0.717) is 35.0 Å². The first kappa shape index (κ1) is 17.5. The van der Waals surface area contributed by atoms with Gasteiger partial charge in [0.15, 0.2) is 11.5 Å². The maximum atomic E-state index is 13.1. The molecule has 0 radical (unpaired) electrons. The topological polar surface area (TPSA) is 94.3 Å². The van der Waals surface area contributed by atoms with E-state index in [1.807, 2.05) is 0 Å². The maximum absolute atomic E-state index is 13.1. The number of halogens is 1. The zero-order chi connectivity index (χ0) is 19.3. The highest BCUT2D eigenvalue weighted by Gasteiger charge is 2.11. The van der Waals surface area contributed by atoms with Crippen molar-refractivity contribution >= 4 is 11.6 Å². The molecule has 0 spiro atoms. The number of benzene rings is 1. The number of hydrogen-bond donors (Lipinski definition) is 1. The van der Waals surface area contributed by atoms with Crippen LogP contribution in [0.3, 0.4) is 0 Å². The zero-order valence-corrected chi connectivity index (χ0v) is 14.6. The van der Waals surface area contributed by atoms with Gasteiger partial charge in [-0.2, -0.15) is 4.52 Å². The largest absolute Gasteiger partial charge is 0.475 e. The Morgan fingerprint density at radius 2 is 1.82 bits per heavy atom.